The van der Waals surface area contributed by atoms with Crippen LogP contribution in [0.2, 0.25) is 0 Å². The molecule has 0 radical (unpaired) electrons. The van der Waals surface area contributed by atoms with Gasteiger partial charge in [-0.15, -0.1) is 0 Å². The monoisotopic (exact) mass is 419 g/mol. The standard InChI is InChI=1S/C19H29N7O4/c20-15-3-1-13(2-4-15)9-21-18-16(26(29)30)10-22-19(24-18)23-11-17(28)25-7-5-14(12-27)6-8-25/h10,12-15H,1-9,11,20H2,(H2,21,22,23,24)/t13-,15-. The fourth-order valence-electron chi connectivity index (χ4n) is 3.91. The summed E-state index contributed by atoms with van der Waals surface area (Å²) in [6.45, 7) is 1.66. The van der Waals surface area contributed by atoms with Crippen molar-refractivity contribution in [2.75, 3.05) is 36.8 Å². The lowest BCUT2D eigenvalue weighted by atomic mass is 9.86. The number of nitrogens with two attached hydrogens (primary N) is 1. The molecule has 2 aliphatic rings. The molecular formula is C19H29N7O4. The summed E-state index contributed by atoms with van der Waals surface area (Å²) in [6.07, 6.45) is 7.30. The number of carbonyl (C=O) groups excluding carboxylic acids is 2. The number of hydrogen-bond acceptors (Lipinski definition) is 9. The maximum absolute atomic E-state index is 12.4. The minimum absolute atomic E-state index is 0.0104. The Kier molecular flexibility index (Phi) is 7.50. The number of carbonyl (C=O) groups is 2. The van der Waals surface area contributed by atoms with E-state index in [4.69, 9.17) is 5.73 Å². The second kappa shape index (κ2) is 10.3. The lowest BCUT2D eigenvalue weighted by Crippen LogP contribution is -2.41. The molecule has 11 nitrogen and oxygen atoms in total. The maximum Gasteiger partial charge on any atom is 0.329 e. The van der Waals surface area contributed by atoms with E-state index in [1.54, 1.807) is 4.90 Å². The van der Waals surface area contributed by atoms with Gasteiger partial charge in [0.05, 0.1) is 11.5 Å². The van der Waals surface area contributed by atoms with Gasteiger partial charge in [-0.1, -0.05) is 0 Å². The van der Waals surface area contributed by atoms with Crippen LogP contribution >= 0.6 is 0 Å². The van der Waals surface area contributed by atoms with Crippen molar-refractivity contribution in [3.63, 3.8) is 0 Å². The van der Waals surface area contributed by atoms with E-state index in [9.17, 15) is 19.7 Å². The smallest absolute Gasteiger partial charge is 0.329 e. The Hall–Kier alpha value is -2.82. The summed E-state index contributed by atoms with van der Waals surface area (Å²) >= 11 is 0. The highest BCUT2D eigenvalue weighted by molar-refractivity contribution is 5.80. The highest BCUT2D eigenvalue weighted by Gasteiger charge is 2.24. The molecule has 1 aromatic rings. The molecule has 0 aromatic carbocycles. The number of nitro groups is 1. The molecule has 1 saturated heterocycles. The van der Waals surface area contributed by atoms with Gasteiger partial charge in [-0.25, -0.2) is 4.98 Å². The molecule has 3 rings (SSSR count). The number of hydrogen-bond donors (Lipinski definition) is 3. The highest BCUT2D eigenvalue weighted by Crippen LogP contribution is 2.26. The van der Waals surface area contributed by atoms with E-state index in [2.05, 4.69) is 20.6 Å². The SMILES string of the molecule is N[C@H]1CC[C@H](CNc2nc(NCC(=O)N3CCC(C=O)CC3)ncc2[N+](=O)[O-])CC1. The first-order valence-electron chi connectivity index (χ1n) is 10.4. The predicted octanol–water partition coefficient (Wildman–Crippen LogP) is 1.16. The quantitative estimate of drug-likeness (QED) is 0.319. The van der Waals surface area contributed by atoms with Crippen LogP contribution in [-0.2, 0) is 9.59 Å². The first-order chi connectivity index (χ1) is 14.5. The second-order valence-corrected chi connectivity index (χ2v) is 8.05. The number of amides is 1. The summed E-state index contributed by atoms with van der Waals surface area (Å²) in [5, 5.41) is 17.2. The average molecular weight is 419 g/mol. The molecule has 11 heteroatoms. The number of nitrogens with one attached hydrogen (secondary N) is 2. The Morgan fingerprint density at radius 3 is 2.57 bits per heavy atom. The van der Waals surface area contributed by atoms with Crippen LogP contribution < -0.4 is 16.4 Å². The number of piperidine rings is 1. The molecule has 1 saturated carbocycles. The topological polar surface area (TPSA) is 156 Å². The van der Waals surface area contributed by atoms with Gasteiger partial charge in [0, 0.05) is 31.6 Å². The normalized spacial score (nSPS) is 22.4. The third-order valence-corrected chi connectivity index (χ3v) is 5.90. The van der Waals surface area contributed by atoms with Crippen LogP contribution in [0.1, 0.15) is 38.5 Å². The van der Waals surface area contributed by atoms with E-state index < -0.39 is 4.92 Å². The zero-order valence-corrected chi connectivity index (χ0v) is 17.0. The van der Waals surface area contributed by atoms with Gasteiger partial charge in [-0.05, 0) is 44.4 Å². The van der Waals surface area contributed by atoms with E-state index in [1.165, 1.54) is 0 Å². The van der Waals surface area contributed by atoms with Crippen molar-refractivity contribution < 1.29 is 14.5 Å². The van der Waals surface area contributed by atoms with Crippen molar-refractivity contribution >= 4 is 29.6 Å². The van der Waals surface area contributed by atoms with Crippen molar-refractivity contribution in [1.29, 1.82) is 0 Å². The lowest BCUT2D eigenvalue weighted by Gasteiger charge is -2.29. The van der Waals surface area contributed by atoms with Crippen molar-refractivity contribution in [3.05, 3.63) is 16.3 Å². The largest absolute Gasteiger partial charge is 0.364 e. The fraction of sp³-hybridized carbons (Fsp3) is 0.684. The summed E-state index contributed by atoms with van der Waals surface area (Å²) in [7, 11) is 0. The summed E-state index contributed by atoms with van der Waals surface area (Å²) in [6, 6.07) is 0.243. The Balaban J connectivity index is 1.56. The summed E-state index contributed by atoms with van der Waals surface area (Å²) in [5.41, 5.74) is 5.73. The van der Waals surface area contributed by atoms with Gasteiger partial charge in [0.15, 0.2) is 0 Å². The molecule has 0 spiro atoms. The van der Waals surface area contributed by atoms with Crippen LogP contribution in [-0.4, -0.2) is 64.2 Å². The third-order valence-electron chi connectivity index (χ3n) is 5.90. The number of aldehydes is 1. The maximum atomic E-state index is 12.4. The van der Waals surface area contributed by atoms with Crippen molar-refractivity contribution in [3.8, 4) is 0 Å². The summed E-state index contributed by atoms with van der Waals surface area (Å²) in [5.74, 6) is 0.603. The van der Waals surface area contributed by atoms with Gasteiger partial charge in [0.25, 0.3) is 0 Å². The predicted molar refractivity (Wildman–Crippen MR) is 111 cm³/mol. The highest BCUT2D eigenvalue weighted by atomic mass is 16.6. The Morgan fingerprint density at radius 1 is 1.23 bits per heavy atom. The molecule has 1 aliphatic carbocycles. The molecule has 1 aliphatic heterocycles. The van der Waals surface area contributed by atoms with Crippen LogP contribution in [0.4, 0.5) is 17.5 Å². The van der Waals surface area contributed by atoms with E-state index >= 15 is 0 Å². The molecule has 30 heavy (non-hydrogen) atoms. The Labute approximate surface area is 175 Å². The van der Waals surface area contributed by atoms with Crippen molar-refractivity contribution in [2.24, 2.45) is 17.6 Å². The van der Waals surface area contributed by atoms with Crippen molar-refractivity contribution in [1.82, 2.24) is 14.9 Å². The number of likely N-dealkylation sites (tertiary alicyclic amines) is 1. The van der Waals surface area contributed by atoms with Crippen LogP contribution in [0, 0.1) is 22.0 Å². The van der Waals surface area contributed by atoms with Gasteiger partial charge in [0.1, 0.15) is 12.5 Å². The number of rotatable bonds is 8. The zero-order valence-electron chi connectivity index (χ0n) is 17.0. The summed E-state index contributed by atoms with van der Waals surface area (Å²) < 4.78 is 0. The molecule has 1 aromatic heterocycles. The third kappa shape index (κ3) is 5.85. The van der Waals surface area contributed by atoms with E-state index in [0.717, 1.165) is 38.2 Å². The molecular weight excluding hydrogens is 390 g/mol. The van der Waals surface area contributed by atoms with Gasteiger partial charge in [-0.3, -0.25) is 14.9 Å². The molecule has 1 amide bonds. The van der Waals surface area contributed by atoms with E-state index in [0.29, 0.717) is 38.4 Å². The molecule has 0 unspecified atom stereocenters. The Morgan fingerprint density at radius 2 is 1.93 bits per heavy atom. The van der Waals surface area contributed by atoms with Crippen molar-refractivity contribution in [2.45, 2.75) is 44.6 Å². The Bertz CT molecular complexity index is 759. The second-order valence-electron chi connectivity index (χ2n) is 8.05. The van der Waals surface area contributed by atoms with Crippen LogP contribution in [0.3, 0.4) is 0 Å². The number of aromatic nitrogens is 2. The first kappa shape index (κ1) is 21.9. The zero-order chi connectivity index (χ0) is 21.5. The number of anilines is 2. The average Bonchev–Trinajstić information content (AvgIpc) is 2.77. The van der Waals surface area contributed by atoms with Gasteiger partial charge in [0.2, 0.25) is 17.7 Å². The fourth-order valence-corrected chi connectivity index (χ4v) is 3.91. The lowest BCUT2D eigenvalue weighted by molar-refractivity contribution is -0.384. The molecule has 4 N–H and O–H groups in total. The first-order valence-corrected chi connectivity index (χ1v) is 10.4. The van der Waals surface area contributed by atoms with E-state index in [-0.39, 0.29) is 41.9 Å². The minimum Gasteiger partial charge on any atom is -0.364 e. The van der Waals surface area contributed by atoms with E-state index in [1.807, 2.05) is 0 Å². The van der Waals surface area contributed by atoms with Gasteiger partial charge in [-0.2, -0.15) is 4.98 Å². The van der Waals surface area contributed by atoms with Crippen LogP contribution in [0.25, 0.3) is 0 Å². The van der Waals surface area contributed by atoms with Crippen LogP contribution in [0.5, 0.6) is 0 Å². The van der Waals surface area contributed by atoms with Crippen LogP contribution in [0.15, 0.2) is 6.20 Å². The van der Waals surface area contributed by atoms with Gasteiger partial charge >= 0.3 is 5.69 Å². The number of nitrogens with zero attached hydrogens (tertiary/aromatic N) is 4. The molecule has 0 bridgehead atoms. The molecule has 2 fully saturated rings. The van der Waals surface area contributed by atoms with Gasteiger partial charge < -0.3 is 26.1 Å². The summed E-state index contributed by atoms with van der Waals surface area (Å²) in [4.78, 5) is 43.9. The molecule has 0 atom stereocenters. The minimum atomic E-state index is -0.523. The molecule has 164 valence electrons. The molecule has 2 heterocycles.